The van der Waals surface area contributed by atoms with Gasteiger partial charge in [0.2, 0.25) is 5.95 Å². The fraction of sp³-hybridized carbons (Fsp3) is 0.207. The van der Waals surface area contributed by atoms with Crippen molar-refractivity contribution in [2.75, 3.05) is 5.32 Å². The van der Waals surface area contributed by atoms with Gasteiger partial charge >= 0.3 is 0 Å². The first-order chi connectivity index (χ1) is 20.3. The van der Waals surface area contributed by atoms with Crippen molar-refractivity contribution < 1.29 is 8.78 Å². The second-order valence-electron chi connectivity index (χ2n) is 10.8. The van der Waals surface area contributed by atoms with E-state index in [1.54, 1.807) is 35.0 Å². The number of halogens is 4. The van der Waals surface area contributed by atoms with Crippen LogP contribution >= 0.6 is 23.2 Å². The molecule has 0 saturated heterocycles. The Kier molecular flexibility index (Phi) is 5.48. The molecule has 9 nitrogen and oxygen atoms in total. The van der Waals surface area contributed by atoms with Crippen LogP contribution in [0.2, 0.25) is 10.2 Å². The van der Waals surface area contributed by atoms with Crippen molar-refractivity contribution in [1.29, 1.82) is 0 Å². The molecule has 0 spiro atoms. The number of H-pyrrole nitrogens is 1. The Morgan fingerprint density at radius 1 is 1.05 bits per heavy atom. The maximum Gasteiger partial charge on any atom is 0.254 e. The molecule has 8 rings (SSSR count). The summed E-state index contributed by atoms with van der Waals surface area (Å²) >= 11 is 12.3. The highest BCUT2D eigenvalue weighted by Gasteiger charge is 2.55. The van der Waals surface area contributed by atoms with E-state index in [4.69, 9.17) is 28.2 Å². The van der Waals surface area contributed by atoms with Crippen LogP contribution in [0.25, 0.3) is 28.2 Å². The number of aromatic nitrogens is 7. The Hall–Kier alpha value is -4.35. The number of hydrogen-bond donors (Lipinski definition) is 2. The molecular formula is C29H20Cl2F2N8O. The van der Waals surface area contributed by atoms with Crippen molar-refractivity contribution in [3.8, 4) is 28.2 Å². The third kappa shape index (κ3) is 3.83. The number of rotatable bonds is 4. The van der Waals surface area contributed by atoms with E-state index >= 15 is 8.78 Å². The molecule has 2 aliphatic heterocycles. The monoisotopic (exact) mass is 604 g/mol. The van der Waals surface area contributed by atoms with Crippen molar-refractivity contribution in [3.05, 3.63) is 104 Å². The van der Waals surface area contributed by atoms with Crippen LogP contribution in [-0.4, -0.2) is 34.5 Å². The molecule has 2 N–H and O–H groups in total. The predicted molar refractivity (Wildman–Crippen MR) is 153 cm³/mol. The van der Waals surface area contributed by atoms with E-state index in [2.05, 4.69) is 32.2 Å². The summed E-state index contributed by atoms with van der Waals surface area (Å²) in [6.45, 7) is 3.91. The second kappa shape index (κ2) is 9.07. The number of hydrogen-bond acceptors (Lipinski definition) is 6. The van der Waals surface area contributed by atoms with Gasteiger partial charge in [0.25, 0.3) is 5.56 Å². The van der Waals surface area contributed by atoms with Gasteiger partial charge in [0.15, 0.2) is 5.15 Å². The molecule has 2 aromatic carbocycles. The Morgan fingerprint density at radius 3 is 2.71 bits per heavy atom. The van der Waals surface area contributed by atoms with Gasteiger partial charge in [0, 0.05) is 45.1 Å². The normalized spacial score (nSPS) is 20.2. The SMILES string of the molecule is C=C1CCc2c(ccc(-c3nc(C4C5CC5c5nc(-c6cc(Cl)ccc6-n6cc(Cl)nn6)cc(=O)n54)[nH]c3F)c2F)N1. The summed E-state index contributed by atoms with van der Waals surface area (Å²) in [6, 6.07) is 9.23. The molecule has 0 radical (unpaired) electrons. The lowest BCUT2D eigenvalue weighted by Crippen LogP contribution is -2.27. The van der Waals surface area contributed by atoms with Crippen LogP contribution in [0, 0.1) is 17.7 Å². The second-order valence-corrected chi connectivity index (χ2v) is 11.6. The van der Waals surface area contributed by atoms with Crippen molar-refractivity contribution in [1.82, 2.24) is 34.5 Å². The van der Waals surface area contributed by atoms with Crippen LogP contribution in [0.3, 0.4) is 0 Å². The van der Waals surface area contributed by atoms with Crippen molar-refractivity contribution in [2.45, 2.75) is 31.2 Å². The van der Waals surface area contributed by atoms with Crippen molar-refractivity contribution >= 4 is 28.9 Å². The van der Waals surface area contributed by atoms with Crippen LogP contribution in [0.15, 0.2) is 59.7 Å². The molecule has 1 aliphatic carbocycles. The average molecular weight is 605 g/mol. The molecule has 3 unspecified atom stereocenters. The molecule has 3 aromatic heterocycles. The lowest BCUT2D eigenvalue weighted by atomic mass is 9.97. The van der Waals surface area contributed by atoms with Gasteiger partial charge in [0.1, 0.15) is 23.2 Å². The minimum absolute atomic E-state index is 0.00219. The third-order valence-corrected chi connectivity index (χ3v) is 8.63. The van der Waals surface area contributed by atoms with E-state index in [0.29, 0.717) is 51.9 Å². The average Bonchev–Trinajstić information content (AvgIpc) is 3.28. The first-order valence-corrected chi connectivity index (χ1v) is 14.1. The van der Waals surface area contributed by atoms with Crippen LogP contribution < -0.4 is 10.9 Å². The molecule has 210 valence electrons. The number of nitrogens with one attached hydrogen (secondary N) is 2. The lowest BCUT2D eigenvalue weighted by molar-refractivity contribution is 0.500. The Bertz CT molecular complexity index is 2030. The van der Waals surface area contributed by atoms with Crippen LogP contribution in [0.5, 0.6) is 0 Å². The van der Waals surface area contributed by atoms with Crippen molar-refractivity contribution in [3.63, 3.8) is 0 Å². The van der Waals surface area contributed by atoms with E-state index in [0.717, 1.165) is 12.1 Å². The summed E-state index contributed by atoms with van der Waals surface area (Å²) in [7, 11) is 0. The summed E-state index contributed by atoms with van der Waals surface area (Å²) in [6.07, 6.45) is 3.36. The predicted octanol–water partition coefficient (Wildman–Crippen LogP) is 6.04. The highest BCUT2D eigenvalue weighted by atomic mass is 35.5. The van der Waals surface area contributed by atoms with E-state index < -0.39 is 17.8 Å². The molecule has 5 aromatic rings. The third-order valence-electron chi connectivity index (χ3n) is 8.23. The largest absolute Gasteiger partial charge is 0.359 e. The molecule has 42 heavy (non-hydrogen) atoms. The molecule has 3 aliphatic rings. The number of anilines is 1. The molecule has 1 fully saturated rings. The van der Waals surface area contributed by atoms with E-state index in [-0.39, 0.29) is 39.6 Å². The van der Waals surface area contributed by atoms with Gasteiger partial charge in [-0.15, -0.1) is 5.10 Å². The standard InChI is InChI=1S/C29H20Cl2F2N8O/c1-12-2-4-14-19(34-12)6-5-15(24(14)32)25-27(33)37-28(36-25)26-16-9-17(16)29-35-20(10-23(42)41(26)29)18-8-13(30)3-7-21(18)40-11-22(31)38-39-40/h3,5-8,10-11,16-17,26,34H,1-2,4,9H2,(H,36,37). The van der Waals surface area contributed by atoms with Gasteiger partial charge in [0.05, 0.1) is 23.6 Å². The lowest BCUT2D eigenvalue weighted by Gasteiger charge is -2.21. The molecule has 5 heterocycles. The number of fused-ring (bicyclic) bond motifs is 4. The summed E-state index contributed by atoms with van der Waals surface area (Å²) in [5.74, 6) is -0.419. The summed E-state index contributed by atoms with van der Waals surface area (Å²) in [4.78, 5) is 25.7. The quantitative estimate of drug-likeness (QED) is 0.259. The fourth-order valence-electron chi connectivity index (χ4n) is 6.22. The van der Waals surface area contributed by atoms with Crippen LogP contribution in [0.4, 0.5) is 14.5 Å². The zero-order chi connectivity index (χ0) is 28.9. The number of nitrogens with zero attached hydrogens (tertiary/aromatic N) is 6. The Labute approximate surface area is 246 Å². The number of benzene rings is 2. The summed E-state index contributed by atoms with van der Waals surface area (Å²) < 4.78 is 33.9. The van der Waals surface area contributed by atoms with E-state index in [9.17, 15) is 4.79 Å². The number of imidazole rings is 1. The van der Waals surface area contributed by atoms with Crippen LogP contribution in [0.1, 0.15) is 42.0 Å². The zero-order valence-corrected chi connectivity index (χ0v) is 23.2. The Balaban J connectivity index is 1.20. The molecule has 0 bridgehead atoms. The number of aromatic amines is 1. The van der Waals surface area contributed by atoms with Gasteiger partial charge in [-0.05, 0) is 55.5 Å². The topological polar surface area (TPSA) is 106 Å². The van der Waals surface area contributed by atoms with Gasteiger partial charge in [-0.25, -0.2) is 19.0 Å². The van der Waals surface area contributed by atoms with Gasteiger partial charge in [-0.1, -0.05) is 35.0 Å². The molecular weight excluding hydrogens is 585 g/mol. The first-order valence-electron chi connectivity index (χ1n) is 13.3. The molecule has 1 saturated carbocycles. The highest BCUT2D eigenvalue weighted by molar-refractivity contribution is 6.31. The maximum absolute atomic E-state index is 15.5. The van der Waals surface area contributed by atoms with Crippen LogP contribution in [-0.2, 0) is 6.42 Å². The van der Waals surface area contributed by atoms with E-state index in [1.165, 1.54) is 16.8 Å². The molecule has 0 amide bonds. The van der Waals surface area contributed by atoms with Gasteiger partial charge < -0.3 is 10.3 Å². The van der Waals surface area contributed by atoms with Gasteiger partial charge in [-0.3, -0.25) is 9.36 Å². The van der Waals surface area contributed by atoms with Gasteiger partial charge in [-0.2, -0.15) is 4.39 Å². The Morgan fingerprint density at radius 2 is 1.90 bits per heavy atom. The highest BCUT2D eigenvalue weighted by Crippen LogP contribution is 2.60. The van der Waals surface area contributed by atoms with E-state index in [1.807, 2.05) is 0 Å². The maximum atomic E-state index is 15.5. The van der Waals surface area contributed by atoms with Crippen molar-refractivity contribution in [2.24, 2.45) is 5.92 Å². The summed E-state index contributed by atoms with van der Waals surface area (Å²) in [5, 5.41) is 11.6. The first kappa shape index (κ1) is 25.4. The molecule has 3 atom stereocenters. The number of allylic oxidation sites excluding steroid dienone is 1. The minimum Gasteiger partial charge on any atom is -0.359 e. The summed E-state index contributed by atoms with van der Waals surface area (Å²) in [5.41, 5.74) is 3.12. The smallest absolute Gasteiger partial charge is 0.254 e. The minimum atomic E-state index is -0.754. The fourth-order valence-corrected chi connectivity index (χ4v) is 6.52. The zero-order valence-electron chi connectivity index (χ0n) is 21.7. The molecule has 13 heteroatoms.